The van der Waals surface area contributed by atoms with E-state index < -0.39 is 26.8 Å². The Morgan fingerprint density at radius 3 is 2.24 bits per heavy atom. The van der Waals surface area contributed by atoms with Crippen LogP contribution in [0, 0.1) is 30.9 Å². The molecule has 0 fully saturated rings. The number of hydrogen-bond acceptors (Lipinski definition) is 8. The molecule has 0 saturated heterocycles. The molecule has 11 heteroatoms. The highest BCUT2D eigenvalue weighted by atomic mass is 32.2. The number of furan rings is 1. The van der Waals surface area contributed by atoms with Crippen LogP contribution in [-0.2, 0) is 14.8 Å². The van der Waals surface area contributed by atoms with Crippen molar-refractivity contribution in [1.29, 1.82) is 0 Å². The fraction of sp³-hybridized carbons (Fsp3) is 0.154. The molecule has 0 bridgehead atoms. The number of aryl methyl sites for hydroxylation is 3. The lowest BCUT2D eigenvalue weighted by atomic mass is 10.1. The Balaban J connectivity index is 1.96. The predicted octanol–water partition coefficient (Wildman–Crippen LogP) is 5.09. The summed E-state index contributed by atoms with van der Waals surface area (Å²) in [5.74, 6) is -1.35. The van der Waals surface area contributed by atoms with Crippen LogP contribution in [0.15, 0.2) is 70.0 Å². The number of nitro groups is 1. The SMILES string of the molecule is COC(=O)c1c(C)oc2ccc(N(C(=O)c3ccc([N+](=O)[O-])cc3)S(=O)(=O)c3ccc(C)cc3C)cc12. The smallest absolute Gasteiger partial charge is 0.342 e. The van der Waals surface area contributed by atoms with E-state index in [4.69, 9.17) is 9.15 Å². The summed E-state index contributed by atoms with van der Waals surface area (Å²) in [4.78, 5) is 36.4. The molecule has 1 heterocycles. The second kappa shape index (κ2) is 9.51. The summed E-state index contributed by atoms with van der Waals surface area (Å²) < 4.78 is 39.0. The molecule has 3 aromatic carbocycles. The van der Waals surface area contributed by atoms with Crippen LogP contribution in [0.25, 0.3) is 11.0 Å². The number of carbonyl (C=O) groups is 2. The Morgan fingerprint density at radius 2 is 1.65 bits per heavy atom. The van der Waals surface area contributed by atoms with E-state index in [2.05, 4.69) is 0 Å². The van der Waals surface area contributed by atoms with E-state index in [1.54, 1.807) is 26.0 Å². The molecule has 1 aromatic heterocycles. The largest absolute Gasteiger partial charge is 0.465 e. The molecule has 4 aromatic rings. The zero-order valence-electron chi connectivity index (χ0n) is 20.3. The maximum absolute atomic E-state index is 14.0. The van der Waals surface area contributed by atoms with Gasteiger partial charge in [-0.2, -0.15) is 4.31 Å². The first-order valence-corrected chi connectivity index (χ1v) is 12.4. The van der Waals surface area contributed by atoms with Gasteiger partial charge in [0.2, 0.25) is 0 Å². The van der Waals surface area contributed by atoms with Crippen molar-refractivity contribution < 1.29 is 32.1 Å². The van der Waals surface area contributed by atoms with E-state index in [9.17, 15) is 28.1 Å². The number of nitro benzene ring substituents is 1. The number of esters is 1. The number of rotatable bonds is 6. The van der Waals surface area contributed by atoms with Crippen molar-refractivity contribution in [3.63, 3.8) is 0 Å². The Bertz CT molecular complexity index is 1670. The molecule has 190 valence electrons. The van der Waals surface area contributed by atoms with Crippen LogP contribution in [0.4, 0.5) is 11.4 Å². The highest BCUT2D eigenvalue weighted by molar-refractivity contribution is 7.93. The second-order valence-electron chi connectivity index (χ2n) is 8.35. The summed E-state index contributed by atoms with van der Waals surface area (Å²) in [5.41, 5.74) is 1.27. The molecule has 0 N–H and O–H groups in total. The van der Waals surface area contributed by atoms with Gasteiger partial charge in [-0.1, -0.05) is 17.7 Å². The van der Waals surface area contributed by atoms with Crippen molar-refractivity contribution in [3.8, 4) is 0 Å². The Kier molecular flexibility index (Phi) is 6.57. The number of amides is 1. The maximum atomic E-state index is 14.0. The molecule has 0 spiro atoms. The van der Waals surface area contributed by atoms with E-state index in [1.807, 2.05) is 6.92 Å². The topological polar surface area (TPSA) is 137 Å². The van der Waals surface area contributed by atoms with Gasteiger partial charge in [0.05, 0.1) is 22.6 Å². The lowest BCUT2D eigenvalue weighted by Crippen LogP contribution is -2.37. The van der Waals surface area contributed by atoms with Gasteiger partial charge >= 0.3 is 5.97 Å². The fourth-order valence-corrected chi connectivity index (χ4v) is 5.70. The van der Waals surface area contributed by atoms with Crippen LogP contribution in [0.3, 0.4) is 0 Å². The number of carbonyl (C=O) groups excluding carboxylic acids is 2. The summed E-state index contributed by atoms with van der Waals surface area (Å²) in [6, 6.07) is 13.5. The van der Waals surface area contributed by atoms with Gasteiger partial charge in [-0.3, -0.25) is 14.9 Å². The lowest BCUT2D eigenvalue weighted by molar-refractivity contribution is -0.384. The summed E-state index contributed by atoms with van der Waals surface area (Å²) in [6.07, 6.45) is 0. The minimum absolute atomic E-state index is 0.0539. The van der Waals surface area contributed by atoms with E-state index in [1.165, 1.54) is 43.5 Å². The molecule has 0 atom stereocenters. The number of hydrogen-bond donors (Lipinski definition) is 0. The molecule has 0 aliphatic heterocycles. The van der Waals surface area contributed by atoms with Crippen molar-refractivity contribution >= 4 is 44.2 Å². The highest BCUT2D eigenvalue weighted by Crippen LogP contribution is 2.34. The van der Waals surface area contributed by atoms with Gasteiger partial charge < -0.3 is 9.15 Å². The summed E-state index contributed by atoms with van der Waals surface area (Å²) in [5, 5.41) is 11.3. The molecule has 4 rings (SSSR count). The number of nitrogens with zero attached hydrogens (tertiary/aromatic N) is 2. The van der Waals surface area contributed by atoms with Gasteiger partial charge in [-0.15, -0.1) is 0 Å². The molecular formula is C26H22N2O8S. The highest BCUT2D eigenvalue weighted by Gasteiger charge is 2.34. The third-order valence-corrected chi connectivity index (χ3v) is 7.70. The normalized spacial score (nSPS) is 11.4. The summed E-state index contributed by atoms with van der Waals surface area (Å²) >= 11 is 0. The van der Waals surface area contributed by atoms with Crippen LogP contribution < -0.4 is 4.31 Å². The average molecular weight is 523 g/mol. The zero-order valence-corrected chi connectivity index (χ0v) is 21.2. The van der Waals surface area contributed by atoms with Crippen LogP contribution in [0.1, 0.15) is 37.6 Å². The maximum Gasteiger partial charge on any atom is 0.342 e. The van der Waals surface area contributed by atoms with Crippen molar-refractivity contribution in [2.75, 3.05) is 11.4 Å². The average Bonchev–Trinajstić information content (AvgIpc) is 3.18. The standard InChI is InChI=1S/C26H22N2O8S/c1-15-5-12-23(16(2)13-15)37(33,34)27(25(29)18-6-8-19(9-7-18)28(31)32)20-10-11-22-21(14-20)24(17(3)36-22)26(30)35-4/h5-14H,1-4H3. The Hall–Kier alpha value is -4.51. The van der Waals surface area contributed by atoms with Crippen LogP contribution in [-0.4, -0.2) is 32.3 Å². The molecule has 0 unspecified atom stereocenters. The van der Waals surface area contributed by atoms with Crippen molar-refractivity contribution in [2.45, 2.75) is 25.7 Å². The number of benzene rings is 3. The summed E-state index contributed by atoms with van der Waals surface area (Å²) in [6.45, 7) is 5.00. The minimum Gasteiger partial charge on any atom is -0.465 e. The Labute approximate surface area is 212 Å². The monoisotopic (exact) mass is 522 g/mol. The first kappa shape index (κ1) is 25.6. The number of sulfonamides is 1. The first-order valence-electron chi connectivity index (χ1n) is 11.0. The molecule has 1 amide bonds. The fourth-order valence-electron chi connectivity index (χ4n) is 4.09. The van der Waals surface area contributed by atoms with Crippen molar-refractivity contribution in [1.82, 2.24) is 0 Å². The van der Waals surface area contributed by atoms with Gasteiger partial charge in [0.1, 0.15) is 16.9 Å². The molecular weight excluding hydrogens is 500 g/mol. The number of anilines is 1. The number of fused-ring (bicyclic) bond motifs is 1. The third-order valence-electron chi connectivity index (χ3n) is 5.83. The molecule has 0 radical (unpaired) electrons. The minimum atomic E-state index is -4.47. The van der Waals surface area contributed by atoms with Gasteiger partial charge in [0.15, 0.2) is 0 Å². The predicted molar refractivity (Wildman–Crippen MR) is 135 cm³/mol. The van der Waals surface area contributed by atoms with Crippen LogP contribution in [0.5, 0.6) is 0 Å². The van der Waals surface area contributed by atoms with Crippen molar-refractivity contribution in [3.05, 3.63) is 98.8 Å². The first-order chi connectivity index (χ1) is 17.4. The lowest BCUT2D eigenvalue weighted by Gasteiger charge is -2.24. The van der Waals surface area contributed by atoms with Gasteiger partial charge in [0, 0.05) is 23.1 Å². The van der Waals surface area contributed by atoms with Crippen LogP contribution >= 0.6 is 0 Å². The summed E-state index contributed by atoms with van der Waals surface area (Å²) in [7, 11) is -3.26. The molecule has 10 nitrogen and oxygen atoms in total. The molecule has 0 saturated carbocycles. The molecule has 0 aliphatic carbocycles. The third kappa shape index (κ3) is 4.56. The second-order valence-corrected chi connectivity index (χ2v) is 10.1. The molecule has 37 heavy (non-hydrogen) atoms. The van der Waals surface area contributed by atoms with Crippen LogP contribution in [0.2, 0.25) is 0 Å². The number of methoxy groups -OCH3 is 1. The Morgan fingerprint density at radius 1 is 0.973 bits per heavy atom. The number of ether oxygens (including phenoxy) is 1. The molecule has 0 aliphatic rings. The van der Waals surface area contributed by atoms with Crippen molar-refractivity contribution in [2.24, 2.45) is 0 Å². The van der Waals surface area contributed by atoms with E-state index in [0.717, 1.165) is 17.7 Å². The van der Waals surface area contributed by atoms with E-state index in [-0.39, 0.29) is 38.5 Å². The van der Waals surface area contributed by atoms with E-state index in [0.29, 0.717) is 15.5 Å². The quantitative estimate of drug-likeness (QED) is 0.194. The number of non-ortho nitro benzene ring substituents is 1. The van der Waals surface area contributed by atoms with Gasteiger partial charge in [0.25, 0.3) is 21.6 Å². The van der Waals surface area contributed by atoms with E-state index >= 15 is 0 Å². The van der Waals surface area contributed by atoms with Gasteiger partial charge in [-0.05, 0) is 62.7 Å². The zero-order chi connectivity index (χ0) is 27.1. The van der Waals surface area contributed by atoms with Gasteiger partial charge in [-0.25, -0.2) is 13.2 Å².